The highest BCUT2D eigenvalue weighted by Crippen LogP contribution is 2.24. The fourth-order valence-corrected chi connectivity index (χ4v) is 1.96. The van der Waals surface area contributed by atoms with Gasteiger partial charge in [-0.15, -0.1) is 0 Å². The Kier molecular flexibility index (Phi) is 4.40. The Balaban J connectivity index is 2.18. The molecule has 0 bridgehead atoms. The predicted octanol–water partition coefficient (Wildman–Crippen LogP) is 2.81. The van der Waals surface area contributed by atoms with Crippen LogP contribution in [0, 0.1) is 6.92 Å². The second-order valence-electron chi connectivity index (χ2n) is 5.46. The Morgan fingerprint density at radius 3 is 2.71 bits per heavy atom. The van der Waals surface area contributed by atoms with Gasteiger partial charge < -0.3 is 9.26 Å². The molecule has 1 heterocycles. The van der Waals surface area contributed by atoms with Crippen LogP contribution in [0.15, 0.2) is 28.8 Å². The first-order chi connectivity index (χ1) is 9.95. The van der Waals surface area contributed by atoms with Gasteiger partial charge in [-0.1, -0.05) is 29.4 Å². The Labute approximate surface area is 124 Å². The van der Waals surface area contributed by atoms with Gasteiger partial charge in [0.2, 0.25) is 5.89 Å². The number of aromatic nitrogens is 2. The zero-order valence-electron chi connectivity index (χ0n) is 12.8. The van der Waals surface area contributed by atoms with Crippen molar-refractivity contribution < 1.29 is 14.1 Å². The Bertz CT molecular complexity index is 632. The molecule has 0 radical (unpaired) electrons. The molecule has 0 saturated carbocycles. The first-order valence-electron chi connectivity index (χ1n) is 7.00. The van der Waals surface area contributed by atoms with Crippen LogP contribution < -0.4 is 0 Å². The number of rotatable bonds is 5. The van der Waals surface area contributed by atoms with E-state index in [-0.39, 0.29) is 11.9 Å². The van der Waals surface area contributed by atoms with Crippen molar-refractivity contribution in [2.24, 2.45) is 0 Å². The number of aryl methyl sites for hydroxylation is 1. The van der Waals surface area contributed by atoms with Gasteiger partial charge in [0.05, 0.1) is 6.61 Å². The van der Waals surface area contributed by atoms with Gasteiger partial charge in [0.15, 0.2) is 5.82 Å². The van der Waals surface area contributed by atoms with Gasteiger partial charge in [-0.05, 0) is 38.8 Å². The number of nitrogens with zero attached hydrogens (tertiary/aromatic N) is 2. The third-order valence-electron chi connectivity index (χ3n) is 3.40. The average molecular weight is 288 g/mol. The zero-order chi connectivity index (χ0) is 15.5. The third-order valence-corrected chi connectivity index (χ3v) is 3.40. The molecule has 0 unspecified atom stereocenters. The standard InChI is InChI=1S/C16H20N2O3/c1-5-20-15(19)16(3,4)14-17-13(18-21-14)10-12-9-7-6-8-11(12)2/h6-9H,5,10H2,1-4H3. The molecule has 2 aromatic rings. The molecule has 0 fully saturated rings. The van der Waals surface area contributed by atoms with Crippen LogP contribution in [-0.4, -0.2) is 22.7 Å². The summed E-state index contributed by atoms with van der Waals surface area (Å²) in [5, 5.41) is 3.97. The molecule has 0 amide bonds. The van der Waals surface area contributed by atoms with Crippen LogP contribution in [0.2, 0.25) is 0 Å². The Hall–Kier alpha value is -2.17. The fraction of sp³-hybridized carbons (Fsp3) is 0.438. The van der Waals surface area contributed by atoms with Crippen molar-refractivity contribution in [2.45, 2.75) is 39.5 Å². The van der Waals surface area contributed by atoms with Crippen molar-refractivity contribution in [3.05, 3.63) is 47.1 Å². The lowest BCUT2D eigenvalue weighted by atomic mass is 9.94. The molecule has 5 nitrogen and oxygen atoms in total. The van der Waals surface area contributed by atoms with E-state index in [9.17, 15) is 4.79 Å². The van der Waals surface area contributed by atoms with E-state index in [0.29, 0.717) is 18.9 Å². The molecule has 0 saturated heterocycles. The van der Waals surface area contributed by atoms with E-state index in [1.165, 1.54) is 5.56 Å². The second kappa shape index (κ2) is 6.08. The quantitative estimate of drug-likeness (QED) is 0.791. The van der Waals surface area contributed by atoms with Crippen molar-refractivity contribution in [3.63, 3.8) is 0 Å². The van der Waals surface area contributed by atoms with Gasteiger partial charge in [-0.2, -0.15) is 4.98 Å². The molecule has 1 aromatic carbocycles. The molecule has 112 valence electrons. The maximum Gasteiger partial charge on any atom is 0.321 e. The average Bonchev–Trinajstić information content (AvgIpc) is 2.91. The van der Waals surface area contributed by atoms with E-state index in [1.807, 2.05) is 31.2 Å². The lowest BCUT2D eigenvalue weighted by Crippen LogP contribution is -2.31. The highest BCUT2D eigenvalue weighted by Gasteiger charge is 2.37. The molecule has 0 aliphatic heterocycles. The Morgan fingerprint density at radius 2 is 2.05 bits per heavy atom. The number of ether oxygens (including phenoxy) is 1. The highest BCUT2D eigenvalue weighted by atomic mass is 16.5. The van der Waals surface area contributed by atoms with Gasteiger partial charge in [-0.25, -0.2) is 0 Å². The molecular formula is C16H20N2O3. The zero-order valence-corrected chi connectivity index (χ0v) is 12.8. The topological polar surface area (TPSA) is 65.2 Å². The molecule has 5 heteroatoms. The van der Waals surface area contributed by atoms with Crippen molar-refractivity contribution in [2.75, 3.05) is 6.61 Å². The fourth-order valence-electron chi connectivity index (χ4n) is 1.96. The minimum absolute atomic E-state index is 0.282. The van der Waals surface area contributed by atoms with Crippen molar-refractivity contribution in [3.8, 4) is 0 Å². The predicted molar refractivity (Wildman–Crippen MR) is 77.9 cm³/mol. The van der Waals surface area contributed by atoms with Gasteiger partial charge in [0.1, 0.15) is 5.41 Å². The summed E-state index contributed by atoms with van der Waals surface area (Å²) < 4.78 is 10.3. The monoisotopic (exact) mass is 288 g/mol. The molecule has 0 aliphatic rings. The largest absolute Gasteiger partial charge is 0.465 e. The first kappa shape index (κ1) is 15.2. The second-order valence-corrected chi connectivity index (χ2v) is 5.46. The summed E-state index contributed by atoms with van der Waals surface area (Å²) in [6, 6.07) is 8.04. The normalized spacial score (nSPS) is 11.4. The highest BCUT2D eigenvalue weighted by molar-refractivity contribution is 5.80. The van der Waals surface area contributed by atoms with Crippen LogP contribution in [0.1, 0.15) is 43.6 Å². The molecule has 0 atom stereocenters. The van der Waals surface area contributed by atoms with Gasteiger partial charge in [0.25, 0.3) is 0 Å². The van der Waals surface area contributed by atoms with Crippen molar-refractivity contribution in [1.82, 2.24) is 10.1 Å². The van der Waals surface area contributed by atoms with Crippen LogP contribution in [-0.2, 0) is 21.4 Å². The lowest BCUT2D eigenvalue weighted by molar-refractivity contribution is -0.149. The molecule has 21 heavy (non-hydrogen) atoms. The molecule has 0 aliphatic carbocycles. The van der Waals surface area contributed by atoms with E-state index in [1.54, 1.807) is 20.8 Å². The molecule has 1 aromatic heterocycles. The van der Waals surface area contributed by atoms with Crippen molar-refractivity contribution >= 4 is 5.97 Å². The summed E-state index contributed by atoms with van der Waals surface area (Å²) in [6.07, 6.45) is 0.578. The summed E-state index contributed by atoms with van der Waals surface area (Å²) in [5.41, 5.74) is 1.37. The van der Waals surface area contributed by atoms with Gasteiger partial charge in [-0.3, -0.25) is 4.79 Å². The smallest absolute Gasteiger partial charge is 0.321 e. The summed E-state index contributed by atoms with van der Waals surface area (Å²) in [6.45, 7) is 7.57. The first-order valence-corrected chi connectivity index (χ1v) is 7.00. The molecule has 0 N–H and O–H groups in total. The SMILES string of the molecule is CCOC(=O)C(C)(C)c1nc(Cc2ccccc2C)no1. The van der Waals surface area contributed by atoms with Crippen LogP contribution in [0.5, 0.6) is 0 Å². The maximum absolute atomic E-state index is 11.9. The number of hydrogen-bond donors (Lipinski definition) is 0. The number of esters is 1. The summed E-state index contributed by atoms with van der Waals surface area (Å²) >= 11 is 0. The lowest BCUT2D eigenvalue weighted by Gasteiger charge is -2.16. The molecule has 0 spiro atoms. The molecule has 2 rings (SSSR count). The summed E-state index contributed by atoms with van der Waals surface area (Å²) in [5.74, 6) is 0.484. The summed E-state index contributed by atoms with van der Waals surface area (Å²) in [7, 11) is 0. The van der Waals surface area contributed by atoms with E-state index in [0.717, 1.165) is 5.56 Å². The molecular weight excluding hydrogens is 268 g/mol. The van der Waals surface area contributed by atoms with Gasteiger partial charge >= 0.3 is 5.97 Å². The number of carbonyl (C=O) groups excluding carboxylic acids is 1. The van der Waals surface area contributed by atoms with Crippen molar-refractivity contribution in [1.29, 1.82) is 0 Å². The van der Waals surface area contributed by atoms with Crippen LogP contribution in [0.3, 0.4) is 0 Å². The summed E-state index contributed by atoms with van der Waals surface area (Å²) in [4.78, 5) is 16.3. The third kappa shape index (κ3) is 3.29. The maximum atomic E-state index is 11.9. The van der Waals surface area contributed by atoms with E-state index < -0.39 is 5.41 Å². The number of hydrogen-bond acceptors (Lipinski definition) is 5. The van der Waals surface area contributed by atoms with E-state index >= 15 is 0 Å². The van der Waals surface area contributed by atoms with Gasteiger partial charge in [0, 0.05) is 6.42 Å². The minimum Gasteiger partial charge on any atom is -0.465 e. The Morgan fingerprint density at radius 1 is 1.33 bits per heavy atom. The van der Waals surface area contributed by atoms with Crippen LogP contribution in [0.4, 0.5) is 0 Å². The number of carbonyl (C=O) groups is 1. The van der Waals surface area contributed by atoms with E-state index in [4.69, 9.17) is 9.26 Å². The van der Waals surface area contributed by atoms with E-state index in [2.05, 4.69) is 10.1 Å². The van der Waals surface area contributed by atoms with Crippen LogP contribution >= 0.6 is 0 Å². The number of benzene rings is 1. The minimum atomic E-state index is -0.938. The van der Waals surface area contributed by atoms with Crippen LogP contribution in [0.25, 0.3) is 0 Å².